The van der Waals surface area contributed by atoms with Crippen LogP contribution in [-0.2, 0) is 14.3 Å². The number of benzene rings is 1. The summed E-state index contributed by atoms with van der Waals surface area (Å²) in [6.45, 7) is 1.99. The van der Waals surface area contributed by atoms with Gasteiger partial charge in [-0.1, -0.05) is 12.1 Å². The fourth-order valence-electron chi connectivity index (χ4n) is 2.73. The number of amides is 1. The van der Waals surface area contributed by atoms with Crippen molar-refractivity contribution in [1.29, 1.82) is 0 Å². The van der Waals surface area contributed by atoms with E-state index in [1.807, 2.05) is 43.3 Å². The van der Waals surface area contributed by atoms with Crippen LogP contribution in [0.2, 0.25) is 0 Å². The number of ketones is 1. The summed E-state index contributed by atoms with van der Waals surface area (Å²) in [5.74, 6) is -1.30. The summed E-state index contributed by atoms with van der Waals surface area (Å²) in [6, 6.07) is 7.00. The molecule has 23 heavy (non-hydrogen) atoms. The fourth-order valence-corrected chi connectivity index (χ4v) is 2.73. The van der Waals surface area contributed by atoms with E-state index in [4.69, 9.17) is 4.74 Å². The van der Waals surface area contributed by atoms with Gasteiger partial charge in [0, 0.05) is 33.4 Å². The molecule has 0 saturated heterocycles. The quantitative estimate of drug-likeness (QED) is 0.864. The highest BCUT2D eigenvalue weighted by Crippen LogP contribution is 2.37. The Morgan fingerprint density at radius 1 is 1.30 bits per heavy atom. The molecule has 1 aromatic carbocycles. The topological polar surface area (TPSA) is 70.1 Å². The number of anilines is 1. The number of aliphatic hydroxyl groups is 1. The molecule has 6 heteroatoms. The van der Waals surface area contributed by atoms with Crippen molar-refractivity contribution in [1.82, 2.24) is 4.90 Å². The fraction of sp³-hybridized carbons (Fsp3) is 0.412. The molecule has 0 spiro atoms. The highest BCUT2D eigenvalue weighted by atomic mass is 16.5. The summed E-state index contributed by atoms with van der Waals surface area (Å²) >= 11 is 0. The summed E-state index contributed by atoms with van der Waals surface area (Å²) in [5, 5.41) is 10.1. The number of methoxy groups -OCH3 is 1. The van der Waals surface area contributed by atoms with Crippen LogP contribution in [0.4, 0.5) is 5.69 Å². The number of nitrogens with zero attached hydrogens (tertiary/aromatic N) is 2. The van der Waals surface area contributed by atoms with Gasteiger partial charge in [0.1, 0.15) is 0 Å². The number of aliphatic hydroxyl groups excluding tert-OH is 1. The van der Waals surface area contributed by atoms with Crippen molar-refractivity contribution >= 4 is 17.4 Å². The smallest absolute Gasteiger partial charge is 0.290 e. The van der Waals surface area contributed by atoms with E-state index in [1.165, 1.54) is 11.8 Å². The maximum absolute atomic E-state index is 12.3. The molecule has 0 fully saturated rings. The van der Waals surface area contributed by atoms with Gasteiger partial charge in [-0.05, 0) is 24.6 Å². The number of carbonyl (C=O) groups is 2. The number of hydrogen-bond acceptors (Lipinski definition) is 5. The Balaban J connectivity index is 2.43. The number of carbonyl (C=O) groups excluding carboxylic acids is 2. The van der Waals surface area contributed by atoms with Gasteiger partial charge >= 0.3 is 0 Å². The van der Waals surface area contributed by atoms with Crippen LogP contribution < -0.4 is 4.90 Å². The van der Waals surface area contributed by atoms with Gasteiger partial charge in [-0.3, -0.25) is 9.59 Å². The lowest BCUT2D eigenvalue weighted by Crippen LogP contribution is -2.33. The van der Waals surface area contributed by atoms with Gasteiger partial charge in [-0.15, -0.1) is 0 Å². The summed E-state index contributed by atoms with van der Waals surface area (Å²) in [4.78, 5) is 27.7. The van der Waals surface area contributed by atoms with Gasteiger partial charge in [-0.25, -0.2) is 0 Å². The Morgan fingerprint density at radius 2 is 1.91 bits per heavy atom. The van der Waals surface area contributed by atoms with Crippen molar-refractivity contribution < 1.29 is 19.4 Å². The molecule has 1 amide bonds. The first kappa shape index (κ1) is 17.0. The molecule has 0 saturated carbocycles. The van der Waals surface area contributed by atoms with Crippen LogP contribution in [0.25, 0.3) is 0 Å². The van der Waals surface area contributed by atoms with Crippen molar-refractivity contribution in [3.05, 3.63) is 41.2 Å². The van der Waals surface area contributed by atoms with Crippen LogP contribution in [0.15, 0.2) is 35.6 Å². The molecule has 1 aliphatic heterocycles. The number of Topliss-reactive ketones (excluding diaryl/α,β-unsaturated/α-hetero) is 1. The largest absolute Gasteiger partial charge is 0.503 e. The van der Waals surface area contributed by atoms with Gasteiger partial charge in [-0.2, -0.15) is 0 Å². The molecule has 6 nitrogen and oxygen atoms in total. The molecule has 1 aromatic rings. The predicted octanol–water partition coefficient (Wildman–Crippen LogP) is 1.68. The molecule has 1 N–H and O–H groups in total. The molecule has 1 aliphatic rings. The zero-order valence-corrected chi connectivity index (χ0v) is 13.9. The third kappa shape index (κ3) is 3.22. The zero-order chi connectivity index (χ0) is 17.1. The van der Waals surface area contributed by atoms with Crippen molar-refractivity contribution in [2.75, 3.05) is 39.3 Å². The highest BCUT2D eigenvalue weighted by molar-refractivity contribution is 6.08. The van der Waals surface area contributed by atoms with E-state index in [0.29, 0.717) is 13.2 Å². The van der Waals surface area contributed by atoms with Crippen LogP contribution in [0.3, 0.4) is 0 Å². The lowest BCUT2D eigenvalue weighted by molar-refractivity contribution is -0.130. The van der Waals surface area contributed by atoms with Crippen LogP contribution in [0.5, 0.6) is 0 Å². The molecule has 0 radical (unpaired) electrons. The minimum Gasteiger partial charge on any atom is -0.503 e. The molecule has 0 aliphatic carbocycles. The second-order valence-electron chi connectivity index (χ2n) is 5.70. The van der Waals surface area contributed by atoms with Gasteiger partial charge in [0.2, 0.25) is 0 Å². The van der Waals surface area contributed by atoms with Crippen LogP contribution in [0, 0.1) is 0 Å². The van der Waals surface area contributed by atoms with Gasteiger partial charge in [0.25, 0.3) is 5.91 Å². The molecular weight excluding hydrogens is 296 g/mol. The third-order valence-electron chi connectivity index (χ3n) is 3.94. The Morgan fingerprint density at radius 3 is 2.39 bits per heavy atom. The van der Waals surface area contributed by atoms with Crippen LogP contribution in [0.1, 0.15) is 18.5 Å². The maximum atomic E-state index is 12.3. The minimum atomic E-state index is -0.577. The zero-order valence-electron chi connectivity index (χ0n) is 13.9. The predicted molar refractivity (Wildman–Crippen MR) is 87.4 cm³/mol. The monoisotopic (exact) mass is 318 g/mol. The van der Waals surface area contributed by atoms with Gasteiger partial charge in [0.15, 0.2) is 11.5 Å². The average molecular weight is 318 g/mol. The maximum Gasteiger partial charge on any atom is 0.290 e. The summed E-state index contributed by atoms with van der Waals surface area (Å²) in [7, 11) is 5.41. The third-order valence-corrected chi connectivity index (χ3v) is 3.94. The van der Waals surface area contributed by atoms with Crippen molar-refractivity contribution in [3.8, 4) is 0 Å². The Labute approximate surface area is 136 Å². The van der Waals surface area contributed by atoms with Crippen LogP contribution in [-0.4, -0.2) is 56.1 Å². The van der Waals surface area contributed by atoms with Gasteiger partial charge in [0.05, 0.1) is 18.2 Å². The summed E-state index contributed by atoms with van der Waals surface area (Å²) < 4.78 is 5.03. The molecule has 124 valence electrons. The van der Waals surface area contributed by atoms with Crippen LogP contribution >= 0.6 is 0 Å². The summed E-state index contributed by atoms with van der Waals surface area (Å²) in [5.41, 5.74) is 1.94. The lowest BCUT2D eigenvalue weighted by Gasteiger charge is -2.26. The van der Waals surface area contributed by atoms with Crippen molar-refractivity contribution in [2.24, 2.45) is 0 Å². The molecule has 1 atom stereocenters. The lowest BCUT2D eigenvalue weighted by atomic mass is 9.96. The standard InChI is InChI=1S/C17H22N2O4/c1-11(20)14-15(12-5-7-13(8-6-12)18(2)3)19(9-10-23-4)17(22)16(14)21/h5-8,15,21H,9-10H2,1-4H3. The first-order valence-electron chi connectivity index (χ1n) is 7.39. The highest BCUT2D eigenvalue weighted by Gasteiger charge is 2.41. The first-order chi connectivity index (χ1) is 10.9. The van der Waals surface area contributed by atoms with E-state index < -0.39 is 17.7 Å². The number of ether oxygens (including phenoxy) is 1. The van der Waals surface area contributed by atoms with Crippen molar-refractivity contribution in [2.45, 2.75) is 13.0 Å². The van der Waals surface area contributed by atoms with E-state index in [2.05, 4.69) is 0 Å². The van der Waals surface area contributed by atoms with E-state index in [9.17, 15) is 14.7 Å². The second-order valence-corrected chi connectivity index (χ2v) is 5.70. The Kier molecular flexibility index (Phi) is 5.05. The normalized spacial score (nSPS) is 17.8. The second kappa shape index (κ2) is 6.83. The van der Waals surface area contributed by atoms with Crippen molar-refractivity contribution in [3.63, 3.8) is 0 Å². The molecule has 1 unspecified atom stereocenters. The molecule has 0 aromatic heterocycles. The molecule has 1 heterocycles. The molecular formula is C17H22N2O4. The Hall–Kier alpha value is -2.34. The minimum absolute atomic E-state index is 0.142. The SMILES string of the molecule is COCCN1C(=O)C(O)=C(C(C)=O)C1c1ccc(N(C)C)cc1. The van der Waals surface area contributed by atoms with E-state index in [1.54, 1.807) is 7.11 Å². The first-order valence-corrected chi connectivity index (χ1v) is 7.39. The average Bonchev–Trinajstić information content (AvgIpc) is 2.77. The Bertz CT molecular complexity index is 634. The van der Waals surface area contributed by atoms with Gasteiger partial charge < -0.3 is 19.6 Å². The molecule has 2 rings (SSSR count). The molecule has 0 bridgehead atoms. The summed E-state index contributed by atoms with van der Waals surface area (Å²) in [6.07, 6.45) is 0. The number of rotatable bonds is 6. The van der Waals surface area contributed by atoms with E-state index >= 15 is 0 Å². The van der Waals surface area contributed by atoms with E-state index in [0.717, 1.165) is 11.3 Å². The number of hydrogen-bond donors (Lipinski definition) is 1. The van der Waals surface area contributed by atoms with E-state index in [-0.39, 0.29) is 11.4 Å².